The third-order valence-corrected chi connectivity index (χ3v) is 5.44. The van der Waals surface area contributed by atoms with Gasteiger partial charge in [-0.15, -0.1) is 0 Å². The second kappa shape index (κ2) is 3.44. The van der Waals surface area contributed by atoms with Gasteiger partial charge in [0.1, 0.15) is 0 Å². The van der Waals surface area contributed by atoms with Gasteiger partial charge >= 0.3 is 88.7 Å². The standard InChI is InChI=1S/C11H14NTe/c1-4-12-9(3)13-11-6-5-8(2)7-10(11)12/h5-7H,4H2,1-3H3/q+1. The molecule has 0 fully saturated rings. The number of fused-ring (bicyclic) bond motifs is 1. The van der Waals surface area contributed by atoms with Crippen molar-refractivity contribution in [1.29, 1.82) is 0 Å². The van der Waals surface area contributed by atoms with Crippen molar-refractivity contribution in [3.8, 4) is 0 Å². The van der Waals surface area contributed by atoms with Gasteiger partial charge in [0.05, 0.1) is 0 Å². The van der Waals surface area contributed by atoms with Gasteiger partial charge in [0.15, 0.2) is 0 Å². The van der Waals surface area contributed by atoms with Crippen LogP contribution in [0.2, 0.25) is 0 Å². The van der Waals surface area contributed by atoms with Gasteiger partial charge in [0, 0.05) is 0 Å². The number of aromatic nitrogens is 1. The molecule has 0 unspecified atom stereocenters. The van der Waals surface area contributed by atoms with Crippen molar-refractivity contribution < 1.29 is 4.57 Å². The molecule has 0 atom stereocenters. The van der Waals surface area contributed by atoms with Crippen LogP contribution in [0.4, 0.5) is 0 Å². The Morgan fingerprint density at radius 3 is 2.77 bits per heavy atom. The van der Waals surface area contributed by atoms with E-state index in [4.69, 9.17) is 0 Å². The molecular formula is C11H14NTe+. The molecule has 0 bridgehead atoms. The van der Waals surface area contributed by atoms with E-state index >= 15 is 0 Å². The fourth-order valence-electron chi connectivity index (χ4n) is 1.70. The Kier molecular flexibility index (Phi) is 2.45. The maximum atomic E-state index is 2.46. The van der Waals surface area contributed by atoms with E-state index in [1.54, 1.807) is 7.11 Å². The Morgan fingerprint density at radius 1 is 1.31 bits per heavy atom. The summed E-state index contributed by atoms with van der Waals surface area (Å²) in [4.78, 5) is 0. The Morgan fingerprint density at radius 2 is 2.08 bits per heavy atom. The number of hydrogen-bond donors (Lipinski definition) is 0. The SMILES string of the molecule is CC[n+]1c(C)[te]c2ccc(C)cc21. The van der Waals surface area contributed by atoms with E-state index in [2.05, 4.69) is 43.5 Å². The fourth-order valence-corrected chi connectivity index (χ4v) is 4.74. The number of nitrogens with zero attached hydrogens (tertiary/aromatic N) is 1. The van der Waals surface area contributed by atoms with Crippen molar-refractivity contribution in [2.75, 3.05) is 0 Å². The molecule has 0 aliphatic rings. The molecule has 0 N–H and O–H groups in total. The Bertz CT molecular complexity index is 443. The number of hydrogen-bond acceptors (Lipinski definition) is 0. The molecule has 1 heterocycles. The summed E-state index contributed by atoms with van der Waals surface area (Å²) in [6.45, 7) is 7.80. The molecule has 0 amide bonds. The topological polar surface area (TPSA) is 3.88 Å². The molecule has 0 saturated heterocycles. The number of aryl methyl sites for hydroxylation is 3. The van der Waals surface area contributed by atoms with Gasteiger partial charge in [0.2, 0.25) is 0 Å². The van der Waals surface area contributed by atoms with Crippen LogP contribution in [0.3, 0.4) is 0 Å². The summed E-state index contributed by atoms with van der Waals surface area (Å²) in [5.41, 5.74) is 2.85. The van der Waals surface area contributed by atoms with Crippen molar-refractivity contribution >= 4 is 29.3 Å². The van der Waals surface area contributed by atoms with Gasteiger partial charge in [-0.2, -0.15) is 0 Å². The van der Waals surface area contributed by atoms with Crippen molar-refractivity contribution in [3.63, 3.8) is 0 Å². The summed E-state index contributed by atoms with van der Waals surface area (Å²) in [5.74, 6) is 0. The summed E-state index contributed by atoms with van der Waals surface area (Å²) in [5, 5.41) is 0. The number of rotatable bonds is 1. The maximum absolute atomic E-state index is 2.46. The summed E-state index contributed by atoms with van der Waals surface area (Å²) >= 11 is -0.0362. The van der Waals surface area contributed by atoms with Crippen LogP contribution in [0.25, 0.3) is 8.92 Å². The minimum atomic E-state index is -0.0362. The predicted molar refractivity (Wildman–Crippen MR) is 56.2 cm³/mol. The zero-order chi connectivity index (χ0) is 9.42. The van der Waals surface area contributed by atoms with E-state index in [0.717, 1.165) is 6.54 Å². The van der Waals surface area contributed by atoms with E-state index in [9.17, 15) is 0 Å². The van der Waals surface area contributed by atoms with E-state index in [0.29, 0.717) is 0 Å². The van der Waals surface area contributed by atoms with Gasteiger partial charge in [-0.05, 0) is 0 Å². The molecule has 68 valence electrons. The normalized spacial score (nSPS) is 11.0. The van der Waals surface area contributed by atoms with E-state index < -0.39 is 0 Å². The molecule has 1 nitrogen and oxygen atoms in total. The van der Waals surface area contributed by atoms with Crippen LogP contribution in [0, 0.1) is 13.8 Å². The first kappa shape index (κ1) is 9.24. The van der Waals surface area contributed by atoms with Crippen LogP contribution in [0.5, 0.6) is 0 Å². The molecule has 0 saturated carbocycles. The molecule has 13 heavy (non-hydrogen) atoms. The van der Waals surface area contributed by atoms with Crippen LogP contribution in [0.15, 0.2) is 18.2 Å². The zero-order valence-corrected chi connectivity index (χ0v) is 10.6. The Hall–Kier alpha value is -0.320. The first-order valence-electron chi connectivity index (χ1n) is 4.62. The third-order valence-electron chi connectivity index (χ3n) is 2.36. The summed E-state index contributed by atoms with van der Waals surface area (Å²) < 4.78 is 5.67. The summed E-state index contributed by atoms with van der Waals surface area (Å²) in [7, 11) is 0. The predicted octanol–water partition coefficient (Wildman–Crippen LogP) is 1.82. The molecule has 2 rings (SSSR count). The summed E-state index contributed by atoms with van der Waals surface area (Å²) in [6.07, 6.45) is 0. The van der Waals surface area contributed by atoms with Crippen molar-refractivity contribution in [2.45, 2.75) is 27.3 Å². The minimum absolute atomic E-state index is 0.0362. The van der Waals surface area contributed by atoms with Crippen LogP contribution in [0.1, 0.15) is 16.2 Å². The summed E-state index contributed by atoms with van der Waals surface area (Å²) in [6, 6.07) is 6.86. The molecular weight excluding hydrogens is 274 g/mol. The van der Waals surface area contributed by atoms with Gasteiger partial charge in [-0.3, -0.25) is 0 Å². The molecule has 1 aromatic carbocycles. The average molecular weight is 288 g/mol. The van der Waals surface area contributed by atoms with Gasteiger partial charge in [-0.25, -0.2) is 0 Å². The van der Waals surface area contributed by atoms with Crippen molar-refractivity contribution in [3.05, 3.63) is 27.5 Å². The second-order valence-electron chi connectivity index (χ2n) is 3.34. The van der Waals surface area contributed by atoms with Crippen molar-refractivity contribution in [2.24, 2.45) is 0 Å². The van der Waals surface area contributed by atoms with Crippen LogP contribution in [-0.4, -0.2) is 20.4 Å². The molecule has 2 heteroatoms. The van der Waals surface area contributed by atoms with Gasteiger partial charge in [-0.1, -0.05) is 0 Å². The average Bonchev–Trinajstić information content (AvgIpc) is 2.40. The first-order chi connectivity index (χ1) is 6.22. The van der Waals surface area contributed by atoms with Crippen LogP contribution >= 0.6 is 0 Å². The first-order valence-corrected chi connectivity index (χ1v) is 6.95. The fraction of sp³-hybridized carbons (Fsp3) is 0.364. The molecule has 0 aliphatic carbocycles. The van der Waals surface area contributed by atoms with Gasteiger partial charge in [0.25, 0.3) is 0 Å². The zero-order valence-electron chi connectivity index (χ0n) is 8.29. The van der Waals surface area contributed by atoms with Crippen LogP contribution < -0.4 is 4.57 Å². The van der Waals surface area contributed by atoms with E-state index in [1.165, 1.54) is 11.1 Å². The van der Waals surface area contributed by atoms with E-state index in [1.807, 2.05) is 0 Å². The Balaban J connectivity index is 2.80. The molecule has 0 aliphatic heterocycles. The number of benzene rings is 1. The molecule has 1 aromatic heterocycles. The Labute approximate surface area is 88.6 Å². The van der Waals surface area contributed by atoms with Gasteiger partial charge < -0.3 is 0 Å². The monoisotopic (exact) mass is 290 g/mol. The quantitative estimate of drug-likeness (QED) is 0.556. The van der Waals surface area contributed by atoms with Crippen molar-refractivity contribution in [1.82, 2.24) is 0 Å². The van der Waals surface area contributed by atoms with Crippen LogP contribution in [-0.2, 0) is 6.54 Å². The third kappa shape index (κ3) is 1.54. The molecule has 0 spiro atoms. The van der Waals surface area contributed by atoms with E-state index in [-0.39, 0.29) is 20.4 Å². The molecule has 2 aromatic rings. The second-order valence-corrected chi connectivity index (χ2v) is 6.86. The molecule has 0 radical (unpaired) electrons.